The lowest BCUT2D eigenvalue weighted by Crippen LogP contribution is -2.39. The highest BCUT2D eigenvalue weighted by Crippen LogP contribution is 2.23. The van der Waals surface area contributed by atoms with Gasteiger partial charge in [0.2, 0.25) is 0 Å². The van der Waals surface area contributed by atoms with Gasteiger partial charge in [0.1, 0.15) is 0 Å². The van der Waals surface area contributed by atoms with E-state index in [4.69, 9.17) is 20.3 Å². The van der Waals surface area contributed by atoms with Crippen LogP contribution in [-0.2, 0) is 9.47 Å². The quantitative estimate of drug-likeness (QED) is 0.729. The van der Waals surface area contributed by atoms with E-state index < -0.39 is 5.97 Å². The number of carboxylic acid groups (broad SMARTS) is 1. The summed E-state index contributed by atoms with van der Waals surface area (Å²) in [6.07, 6.45) is 1.30. The van der Waals surface area contributed by atoms with Crippen LogP contribution in [0.5, 0.6) is 0 Å². The summed E-state index contributed by atoms with van der Waals surface area (Å²) in [6.45, 7) is 3.58. The number of rotatable bonds is 8. The van der Waals surface area contributed by atoms with E-state index in [0.29, 0.717) is 31.3 Å². The number of carbonyl (C=O) groups is 1. The molecular weight excluding hydrogens is 262 g/mol. The van der Waals surface area contributed by atoms with E-state index in [0.717, 1.165) is 0 Å². The van der Waals surface area contributed by atoms with Gasteiger partial charge in [0.15, 0.2) is 5.82 Å². The summed E-state index contributed by atoms with van der Waals surface area (Å²) >= 11 is 0. The first-order chi connectivity index (χ1) is 9.51. The molecule has 112 valence electrons. The van der Waals surface area contributed by atoms with Gasteiger partial charge in [0, 0.05) is 27.0 Å². The summed E-state index contributed by atoms with van der Waals surface area (Å²) in [5.41, 5.74) is 6.31. The van der Waals surface area contributed by atoms with Gasteiger partial charge < -0.3 is 25.2 Å². The number of carboxylic acids is 1. The van der Waals surface area contributed by atoms with Crippen LogP contribution in [0.2, 0.25) is 0 Å². The number of aromatic nitrogens is 1. The number of hydrogen-bond donors (Lipinski definition) is 2. The fourth-order valence-corrected chi connectivity index (χ4v) is 1.89. The van der Waals surface area contributed by atoms with Crippen molar-refractivity contribution in [3.05, 3.63) is 17.8 Å². The van der Waals surface area contributed by atoms with Gasteiger partial charge in [-0.25, -0.2) is 9.78 Å². The van der Waals surface area contributed by atoms with Crippen molar-refractivity contribution in [2.75, 3.05) is 44.6 Å². The first kappa shape index (κ1) is 16.2. The zero-order valence-electron chi connectivity index (χ0n) is 12.0. The molecule has 1 unspecified atom stereocenters. The number of nitrogens with two attached hydrogens (primary N) is 1. The SMILES string of the molecule is COCCN(c1ncc(C(=O)O)cc1N)C(C)COC. The molecule has 0 amide bonds. The average Bonchev–Trinajstić information content (AvgIpc) is 2.40. The van der Waals surface area contributed by atoms with Crippen molar-refractivity contribution in [1.82, 2.24) is 4.98 Å². The number of anilines is 2. The molecule has 0 fully saturated rings. The van der Waals surface area contributed by atoms with E-state index in [1.54, 1.807) is 14.2 Å². The fraction of sp³-hybridized carbons (Fsp3) is 0.538. The minimum absolute atomic E-state index is 0.0422. The second-order valence-electron chi connectivity index (χ2n) is 4.43. The van der Waals surface area contributed by atoms with Crippen molar-refractivity contribution >= 4 is 17.5 Å². The van der Waals surface area contributed by atoms with Crippen LogP contribution in [0.25, 0.3) is 0 Å². The molecule has 0 saturated carbocycles. The van der Waals surface area contributed by atoms with Gasteiger partial charge >= 0.3 is 5.97 Å². The van der Waals surface area contributed by atoms with Crippen molar-refractivity contribution in [2.24, 2.45) is 0 Å². The Morgan fingerprint density at radius 1 is 1.50 bits per heavy atom. The maximum atomic E-state index is 10.9. The third-order valence-electron chi connectivity index (χ3n) is 2.89. The molecule has 0 aliphatic carbocycles. The van der Waals surface area contributed by atoms with Crippen LogP contribution >= 0.6 is 0 Å². The van der Waals surface area contributed by atoms with Gasteiger partial charge in [-0.2, -0.15) is 0 Å². The molecule has 0 spiro atoms. The van der Waals surface area contributed by atoms with Crippen LogP contribution in [0, 0.1) is 0 Å². The molecule has 0 saturated heterocycles. The highest BCUT2D eigenvalue weighted by atomic mass is 16.5. The largest absolute Gasteiger partial charge is 0.478 e. The van der Waals surface area contributed by atoms with Gasteiger partial charge in [0.25, 0.3) is 0 Å². The Morgan fingerprint density at radius 2 is 2.20 bits per heavy atom. The zero-order valence-corrected chi connectivity index (χ0v) is 12.0. The number of pyridine rings is 1. The lowest BCUT2D eigenvalue weighted by atomic mass is 10.2. The lowest BCUT2D eigenvalue weighted by Gasteiger charge is -2.30. The van der Waals surface area contributed by atoms with Crippen LogP contribution in [-0.4, -0.2) is 56.1 Å². The van der Waals surface area contributed by atoms with Crippen molar-refractivity contribution in [2.45, 2.75) is 13.0 Å². The molecule has 3 N–H and O–H groups in total. The van der Waals surface area contributed by atoms with Gasteiger partial charge in [-0.3, -0.25) is 0 Å². The third kappa shape index (κ3) is 4.07. The number of ether oxygens (including phenoxy) is 2. The highest BCUT2D eigenvalue weighted by Gasteiger charge is 2.19. The van der Waals surface area contributed by atoms with Crippen LogP contribution in [0.1, 0.15) is 17.3 Å². The Balaban J connectivity index is 3.03. The van der Waals surface area contributed by atoms with Gasteiger partial charge in [-0.05, 0) is 13.0 Å². The molecule has 1 aromatic heterocycles. The van der Waals surface area contributed by atoms with Crippen molar-refractivity contribution in [3.8, 4) is 0 Å². The van der Waals surface area contributed by atoms with Gasteiger partial charge in [0.05, 0.1) is 30.5 Å². The number of aromatic carboxylic acids is 1. The number of nitrogens with zero attached hydrogens (tertiary/aromatic N) is 2. The van der Waals surface area contributed by atoms with Crippen LogP contribution in [0.3, 0.4) is 0 Å². The van der Waals surface area contributed by atoms with E-state index in [1.165, 1.54) is 12.3 Å². The second kappa shape index (κ2) is 7.66. The van der Waals surface area contributed by atoms with Crippen LogP contribution in [0.4, 0.5) is 11.5 Å². The molecule has 20 heavy (non-hydrogen) atoms. The van der Waals surface area contributed by atoms with E-state index in [1.807, 2.05) is 11.8 Å². The van der Waals surface area contributed by atoms with Gasteiger partial charge in [-0.1, -0.05) is 0 Å². The molecule has 7 nitrogen and oxygen atoms in total. The Hall–Kier alpha value is -1.86. The normalized spacial score (nSPS) is 12.2. The zero-order chi connectivity index (χ0) is 15.1. The second-order valence-corrected chi connectivity index (χ2v) is 4.43. The Labute approximate surface area is 118 Å². The number of nitrogen functional groups attached to an aromatic ring is 1. The maximum absolute atomic E-state index is 10.9. The van der Waals surface area contributed by atoms with Crippen LogP contribution < -0.4 is 10.6 Å². The van der Waals surface area contributed by atoms with E-state index in [-0.39, 0.29) is 11.6 Å². The van der Waals surface area contributed by atoms with Crippen molar-refractivity contribution in [3.63, 3.8) is 0 Å². The topological polar surface area (TPSA) is 97.9 Å². The molecule has 0 aromatic carbocycles. The third-order valence-corrected chi connectivity index (χ3v) is 2.89. The summed E-state index contributed by atoms with van der Waals surface area (Å²) in [6, 6.07) is 1.45. The summed E-state index contributed by atoms with van der Waals surface area (Å²) in [4.78, 5) is 17.0. The molecule has 0 radical (unpaired) electrons. The molecule has 7 heteroatoms. The summed E-state index contributed by atoms with van der Waals surface area (Å²) in [5.74, 6) is -0.513. The molecule has 1 heterocycles. The van der Waals surface area contributed by atoms with E-state index >= 15 is 0 Å². The number of methoxy groups -OCH3 is 2. The average molecular weight is 283 g/mol. The van der Waals surface area contributed by atoms with Crippen LogP contribution in [0.15, 0.2) is 12.3 Å². The van der Waals surface area contributed by atoms with Crippen molar-refractivity contribution in [1.29, 1.82) is 0 Å². The van der Waals surface area contributed by atoms with E-state index in [2.05, 4.69) is 4.98 Å². The summed E-state index contributed by atoms with van der Waals surface area (Å²) < 4.78 is 10.2. The maximum Gasteiger partial charge on any atom is 0.337 e. The highest BCUT2D eigenvalue weighted by molar-refractivity contribution is 5.89. The molecular formula is C13H21N3O4. The predicted molar refractivity (Wildman–Crippen MR) is 76.2 cm³/mol. The Morgan fingerprint density at radius 3 is 2.70 bits per heavy atom. The van der Waals surface area contributed by atoms with E-state index in [9.17, 15) is 4.79 Å². The Kier molecular flexibility index (Phi) is 6.20. The number of hydrogen-bond acceptors (Lipinski definition) is 6. The standard InChI is InChI=1S/C13H21N3O4/c1-9(8-20-3)16(4-5-19-2)12-11(14)6-10(7-15-12)13(17)18/h6-7,9H,4-5,8,14H2,1-3H3,(H,17,18). The first-order valence-electron chi connectivity index (χ1n) is 6.24. The van der Waals surface area contributed by atoms with Crippen molar-refractivity contribution < 1.29 is 19.4 Å². The van der Waals surface area contributed by atoms with Gasteiger partial charge in [-0.15, -0.1) is 0 Å². The summed E-state index contributed by atoms with van der Waals surface area (Å²) in [7, 11) is 3.23. The molecule has 0 aliphatic rings. The molecule has 1 rings (SSSR count). The lowest BCUT2D eigenvalue weighted by molar-refractivity contribution is 0.0696. The minimum atomic E-state index is -1.05. The fourth-order valence-electron chi connectivity index (χ4n) is 1.89. The first-order valence-corrected chi connectivity index (χ1v) is 6.24. The Bertz CT molecular complexity index is 453. The molecule has 1 aromatic rings. The molecule has 1 atom stereocenters. The monoisotopic (exact) mass is 283 g/mol. The predicted octanol–water partition coefficient (Wildman–Crippen LogP) is 0.850. The molecule has 0 bridgehead atoms. The molecule has 0 aliphatic heterocycles. The summed E-state index contributed by atoms with van der Waals surface area (Å²) in [5, 5.41) is 8.92. The smallest absolute Gasteiger partial charge is 0.337 e. The minimum Gasteiger partial charge on any atom is -0.478 e.